The summed E-state index contributed by atoms with van der Waals surface area (Å²) in [6, 6.07) is 5.50. The Bertz CT molecular complexity index is 617. The summed E-state index contributed by atoms with van der Waals surface area (Å²) in [5, 5.41) is 3.86. The zero-order chi connectivity index (χ0) is 14.0. The Balaban J connectivity index is 2.43. The number of benzene rings is 1. The van der Waals surface area contributed by atoms with E-state index < -0.39 is 0 Å². The van der Waals surface area contributed by atoms with E-state index in [1.165, 1.54) is 0 Å². The van der Waals surface area contributed by atoms with Crippen LogP contribution in [0.1, 0.15) is 11.4 Å². The van der Waals surface area contributed by atoms with Crippen molar-refractivity contribution in [1.82, 2.24) is 9.97 Å². The largest absolute Gasteiger partial charge is 0.339 e. The summed E-state index contributed by atoms with van der Waals surface area (Å²) in [5.74, 6) is 7.34. The summed E-state index contributed by atoms with van der Waals surface area (Å²) >= 11 is 9.45. The molecule has 0 bridgehead atoms. The third kappa shape index (κ3) is 3.15. The normalized spacial score (nSPS) is 10.4. The van der Waals surface area contributed by atoms with Crippen molar-refractivity contribution in [2.24, 2.45) is 5.84 Å². The summed E-state index contributed by atoms with van der Waals surface area (Å²) < 4.78 is 0.898. The monoisotopic (exact) mass is 341 g/mol. The van der Waals surface area contributed by atoms with E-state index in [1.54, 1.807) is 6.92 Å². The molecule has 2 rings (SSSR count). The SMILES string of the molecule is Cc1nc(NN)c(C)c(Nc2cc(Cl)ccc2Br)n1. The molecular formula is C12H13BrClN5. The number of hydrogen-bond acceptors (Lipinski definition) is 5. The smallest absolute Gasteiger partial charge is 0.148 e. The molecule has 1 aromatic heterocycles. The lowest BCUT2D eigenvalue weighted by Gasteiger charge is -2.13. The second-order valence-corrected chi connectivity index (χ2v) is 5.28. The second-order valence-electron chi connectivity index (χ2n) is 3.99. The lowest BCUT2D eigenvalue weighted by molar-refractivity contribution is 1.03. The van der Waals surface area contributed by atoms with Crippen LogP contribution in [0.25, 0.3) is 0 Å². The van der Waals surface area contributed by atoms with E-state index in [-0.39, 0.29) is 0 Å². The van der Waals surface area contributed by atoms with Gasteiger partial charge in [-0.2, -0.15) is 0 Å². The molecule has 0 amide bonds. The average molecular weight is 343 g/mol. The van der Waals surface area contributed by atoms with Crippen LogP contribution in [0, 0.1) is 13.8 Å². The Morgan fingerprint density at radius 2 is 1.89 bits per heavy atom. The summed E-state index contributed by atoms with van der Waals surface area (Å²) in [6.45, 7) is 3.69. The lowest BCUT2D eigenvalue weighted by atomic mass is 10.2. The van der Waals surface area contributed by atoms with Crippen LogP contribution in [0.3, 0.4) is 0 Å². The van der Waals surface area contributed by atoms with Gasteiger partial charge in [0.15, 0.2) is 0 Å². The van der Waals surface area contributed by atoms with Crippen molar-refractivity contribution in [3.05, 3.63) is 39.1 Å². The third-order valence-corrected chi connectivity index (χ3v) is 3.50. The molecule has 0 spiro atoms. The van der Waals surface area contributed by atoms with Crippen molar-refractivity contribution in [2.75, 3.05) is 10.7 Å². The molecule has 0 unspecified atom stereocenters. The van der Waals surface area contributed by atoms with Crippen molar-refractivity contribution in [3.63, 3.8) is 0 Å². The highest BCUT2D eigenvalue weighted by Gasteiger charge is 2.10. The van der Waals surface area contributed by atoms with Crippen molar-refractivity contribution in [2.45, 2.75) is 13.8 Å². The second kappa shape index (κ2) is 5.73. The van der Waals surface area contributed by atoms with Gasteiger partial charge in [0.1, 0.15) is 17.5 Å². The Labute approximate surface area is 124 Å². The van der Waals surface area contributed by atoms with Crippen LogP contribution in [0.5, 0.6) is 0 Å². The maximum atomic E-state index is 5.99. The van der Waals surface area contributed by atoms with E-state index in [1.807, 2.05) is 25.1 Å². The predicted molar refractivity (Wildman–Crippen MR) is 81.8 cm³/mol. The highest BCUT2D eigenvalue weighted by Crippen LogP contribution is 2.30. The first-order valence-electron chi connectivity index (χ1n) is 5.55. The maximum absolute atomic E-state index is 5.99. The fourth-order valence-electron chi connectivity index (χ4n) is 1.61. The number of halogens is 2. The molecule has 0 aliphatic heterocycles. The summed E-state index contributed by atoms with van der Waals surface area (Å²) in [4.78, 5) is 8.57. The van der Waals surface area contributed by atoms with Crippen LogP contribution in [-0.4, -0.2) is 9.97 Å². The number of rotatable bonds is 3. The molecule has 19 heavy (non-hydrogen) atoms. The van der Waals surface area contributed by atoms with Crippen LogP contribution in [-0.2, 0) is 0 Å². The number of nitrogen functional groups attached to an aromatic ring is 1. The Kier molecular flexibility index (Phi) is 4.24. The number of hydrazine groups is 1. The number of anilines is 3. The molecule has 0 atom stereocenters. The van der Waals surface area contributed by atoms with E-state index in [2.05, 4.69) is 36.6 Å². The van der Waals surface area contributed by atoms with Gasteiger partial charge in [0, 0.05) is 15.1 Å². The Hall–Kier alpha value is -1.37. The van der Waals surface area contributed by atoms with E-state index in [4.69, 9.17) is 17.4 Å². The van der Waals surface area contributed by atoms with E-state index in [0.717, 1.165) is 15.7 Å². The first-order valence-corrected chi connectivity index (χ1v) is 6.72. The molecule has 0 aliphatic rings. The van der Waals surface area contributed by atoms with E-state index in [9.17, 15) is 0 Å². The van der Waals surface area contributed by atoms with Gasteiger partial charge >= 0.3 is 0 Å². The van der Waals surface area contributed by atoms with Crippen LogP contribution in [0.4, 0.5) is 17.3 Å². The first kappa shape index (κ1) is 14.0. The number of nitrogens with zero attached hydrogens (tertiary/aromatic N) is 2. The molecule has 0 saturated heterocycles. The van der Waals surface area contributed by atoms with Crippen molar-refractivity contribution in [1.29, 1.82) is 0 Å². The van der Waals surface area contributed by atoms with Crippen LogP contribution >= 0.6 is 27.5 Å². The number of hydrogen-bond donors (Lipinski definition) is 3. The predicted octanol–water partition coefficient (Wildman–Crippen LogP) is 3.54. The standard InChI is InChI=1S/C12H13BrClN5/c1-6-11(16-7(2)17-12(6)19-15)18-10-5-8(14)3-4-9(10)13/h3-5H,15H2,1-2H3,(H2,16,17,18,19). The third-order valence-electron chi connectivity index (χ3n) is 2.58. The topological polar surface area (TPSA) is 75.9 Å². The minimum atomic E-state index is 0.591. The van der Waals surface area contributed by atoms with E-state index in [0.29, 0.717) is 22.5 Å². The average Bonchev–Trinajstić information content (AvgIpc) is 2.37. The van der Waals surface area contributed by atoms with Crippen LogP contribution < -0.4 is 16.6 Å². The highest BCUT2D eigenvalue weighted by molar-refractivity contribution is 9.10. The van der Waals surface area contributed by atoms with Gasteiger partial charge < -0.3 is 10.7 Å². The molecule has 1 aromatic carbocycles. The van der Waals surface area contributed by atoms with Crippen molar-refractivity contribution in [3.8, 4) is 0 Å². The quantitative estimate of drug-likeness (QED) is 0.587. The number of nitrogens with two attached hydrogens (primary N) is 1. The van der Waals surface area contributed by atoms with Gasteiger partial charge in [-0.25, -0.2) is 15.8 Å². The minimum Gasteiger partial charge on any atom is -0.339 e. The molecule has 2 aromatic rings. The lowest BCUT2D eigenvalue weighted by Crippen LogP contribution is -2.13. The molecule has 0 aliphatic carbocycles. The fourth-order valence-corrected chi connectivity index (χ4v) is 2.13. The minimum absolute atomic E-state index is 0.591. The number of aromatic nitrogens is 2. The Morgan fingerprint density at radius 3 is 2.58 bits per heavy atom. The van der Waals surface area contributed by atoms with E-state index >= 15 is 0 Å². The molecule has 4 N–H and O–H groups in total. The molecule has 100 valence electrons. The molecule has 0 fully saturated rings. The number of nitrogens with one attached hydrogen (secondary N) is 2. The van der Waals surface area contributed by atoms with Gasteiger partial charge in [0.05, 0.1) is 5.69 Å². The van der Waals surface area contributed by atoms with Gasteiger partial charge in [-0.1, -0.05) is 11.6 Å². The van der Waals surface area contributed by atoms with Crippen molar-refractivity contribution >= 4 is 44.9 Å². The van der Waals surface area contributed by atoms with Gasteiger partial charge in [0.2, 0.25) is 0 Å². The maximum Gasteiger partial charge on any atom is 0.148 e. The molecule has 7 heteroatoms. The summed E-state index contributed by atoms with van der Waals surface area (Å²) in [5.41, 5.74) is 4.22. The zero-order valence-corrected chi connectivity index (χ0v) is 12.8. The molecule has 0 radical (unpaired) electrons. The van der Waals surface area contributed by atoms with Gasteiger partial charge in [-0.15, -0.1) is 0 Å². The zero-order valence-electron chi connectivity index (χ0n) is 10.5. The highest BCUT2D eigenvalue weighted by atomic mass is 79.9. The van der Waals surface area contributed by atoms with Gasteiger partial charge in [-0.05, 0) is 48.0 Å². The van der Waals surface area contributed by atoms with Gasteiger partial charge in [0.25, 0.3) is 0 Å². The first-order chi connectivity index (χ1) is 9.01. The molecule has 5 nitrogen and oxygen atoms in total. The molecule has 0 saturated carbocycles. The summed E-state index contributed by atoms with van der Waals surface area (Å²) in [6.07, 6.45) is 0. The molecular weight excluding hydrogens is 330 g/mol. The van der Waals surface area contributed by atoms with Crippen LogP contribution in [0.15, 0.2) is 22.7 Å². The van der Waals surface area contributed by atoms with Crippen LogP contribution in [0.2, 0.25) is 5.02 Å². The fraction of sp³-hybridized carbons (Fsp3) is 0.167. The van der Waals surface area contributed by atoms with Gasteiger partial charge in [-0.3, -0.25) is 0 Å². The summed E-state index contributed by atoms with van der Waals surface area (Å²) in [7, 11) is 0. The number of aryl methyl sites for hydroxylation is 1. The molecule has 1 heterocycles. The Morgan fingerprint density at radius 1 is 1.21 bits per heavy atom. The van der Waals surface area contributed by atoms with Crippen molar-refractivity contribution < 1.29 is 0 Å².